The van der Waals surface area contributed by atoms with Crippen molar-refractivity contribution in [3.8, 4) is 11.5 Å². The van der Waals surface area contributed by atoms with Gasteiger partial charge in [0.25, 0.3) is 5.91 Å². The molecule has 1 amide bonds. The summed E-state index contributed by atoms with van der Waals surface area (Å²) < 4.78 is 10.2. The van der Waals surface area contributed by atoms with Crippen molar-refractivity contribution in [3.05, 3.63) is 23.8 Å². The molecule has 1 aromatic carbocycles. The van der Waals surface area contributed by atoms with Crippen LogP contribution in [0.5, 0.6) is 11.5 Å². The third-order valence-corrected chi connectivity index (χ3v) is 3.33. The fourth-order valence-corrected chi connectivity index (χ4v) is 2.27. The van der Waals surface area contributed by atoms with E-state index in [0.717, 1.165) is 0 Å². The number of ether oxygens (including phenoxy) is 2. The maximum Gasteiger partial charge on any atom is 0.305 e. The second-order valence-electron chi connectivity index (χ2n) is 4.71. The van der Waals surface area contributed by atoms with Crippen molar-refractivity contribution in [2.45, 2.75) is 12.5 Å². The number of hydrogen-bond donors (Lipinski definition) is 2. The Bertz CT molecular complexity index is 544. The predicted molar refractivity (Wildman–Crippen MR) is 72.6 cm³/mol. The van der Waals surface area contributed by atoms with Gasteiger partial charge in [0.05, 0.1) is 38.3 Å². The van der Waals surface area contributed by atoms with Crippen molar-refractivity contribution in [3.63, 3.8) is 0 Å². The smallest absolute Gasteiger partial charge is 0.305 e. The number of morpholine rings is 1. The van der Waals surface area contributed by atoms with E-state index >= 15 is 0 Å². The maximum atomic E-state index is 12.5. The van der Waals surface area contributed by atoms with Crippen LogP contribution in [0.15, 0.2) is 18.2 Å². The maximum absolute atomic E-state index is 12.5. The largest absolute Gasteiger partial charge is 0.507 e. The number of carbonyl (C=O) groups is 2. The lowest BCUT2D eigenvalue weighted by Crippen LogP contribution is -2.49. The monoisotopic (exact) mass is 295 g/mol. The molecular weight excluding hydrogens is 278 g/mol. The van der Waals surface area contributed by atoms with Crippen molar-refractivity contribution in [1.82, 2.24) is 4.90 Å². The molecule has 1 aliphatic heterocycles. The highest BCUT2D eigenvalue weighted by Crippen LogP contribution is 2.26. The van der Waals surface area contributed by atoms with Crippen LogP contribution in [0.4, 0.5) is 0 Å². The molecule has 0 aromatic heterocycles. The first-order valence-electron chi connectivity index (χ1n) is 6.50. The molecule has 7 nitrogen and oxygen atoms in total. The normalized spacial score (nSPS) is 18.3. The van der Waals surface area contributed by atoms with E-state index < -0.39 is 17.9 Å². The van der Waals surface area contributed by atoms with Gasteiger partial charge in [-0.2, -0.15) is 0 Å². The summed E-state index contributed by atoms with van der Waals surface area (Å²) in [6, 6.07) is 3.84. The van der Waals surface area contributed by atoms with Crippen LogP contribution in [0.2, 0.25) is 0 Å². The Kier molecular flexibility index (Phi) is 4.64. The lowest BCUT2D eigenvalue weighted by molar-refractivity contribution is -0.139. The Morgan fingerprint density at radius 2 is 2.24 bits per heavy atom. The van der Waals surface area contributed by atoms with Crippen LogP contribution in [-0.4, -0.2) is 59.9 Å². The molecule has 1 heterocycles. The van der Waals surface area contributed by atoms with Crippen molar-refractivity contribution in [2.24, 2.45) is 0 Å². The number of aromatic hydroxyl groups is 1. The van der Waals surface area contributed by atoms with Crippen LogP contribution in [-0.2, 0) is 9.53 Å². The van der Waals surface area contributed by atoms with Crippen molar-refractivity contribution in [2.75, 3.05) is 26.9 Å². The van der Waals surface area contributed by atoms with Gasteiger partial charge in [-0.1, -0.05) is 0 Å². The van der Waals surface area contributed by atoms with E-state index in [1.807, 2.05) is 0 Å². The van der Waals surface area contributed by atoms with E-state index in [1.54, 1.807) is 6.07 Å². The van der Waals surface area contributed by atoms with E-state index in [0.29, 0.717) is 18.9 Å². The highest BCUT2D eigenvalue weighted by Gasteiger charge is 2.30. The molecule has 1 fully saturated rings. The SMILES string of the molecule is COc1ccc(C(=O)N2CCOCC2CC(=O)O)c(O)c1. The zero-order chi connectivity index (χ0) is 15.4. The lowest BCUT2D eigenvalue weighted by Gasteiger charge is -2.35. The Morgan fingerprint density at radius 3 is 2.86 bits per heavy atom. The summed E-state index contributed by atoms with van der Waals surface area (Å²) in [6.07, 6.45) is -0.192. The zero-order valence-electron chi connectivity index (χ0n) is 11.6. The number of nitrogens with zero attached hydrogens (tertiary/aromatic N) is 1. The molecule has 2 N–H and O–H groups in total. The molecule has 21 heavy (non-hydrogen) atoms. The summed E-state index contributed by atoms with van der Waals surface area (Å²) in [5.74, 6) is -1.17. The van der Waals surface area contributed by atoms with Gasteiger partial charge >= 0.3 is 5.97 Å². The molecule has 2 rings (SSSR count). The lowest BCUT2D eigenvalue weighted by atomic mass is 10.1. The van der Waals surface area contributed by atoms with Crippen LogP contribution >= 0.6 is 0 Å². The topological polar surface area (TPSA) is 96.3 Å². The third kappa shape index (κ3) is 3.43. The summed E-state index contributed by atoms with van der Waals surface area (Å²) in [6.45, 7) is 0.815. The number of carboxylic acids is 1. The Balaban J connectivity index is 2.22. The molecule has 1 atom stereocenters. The van der Waals surface area contributed by atoms with E-state index in [2.05, 4.69) is 0 Å². The van der Waals surface area contributed by atoms with Gasteiger partial charge in [-0.15, -0.1) is 0 Å². The molecule has 1 aromatic rings. The summed E-state index contributed by atoms with van der Waals surface area (Å²) in [5, 5.41) is 18.8. The van der Waals surface area contributed by atoms with Gasteiger partial charge < -0.3 is 24.6 Å². The van der Waals surface area contributed by atoms with E-state index in [1.165, 1.54) is 24.1 Å². The molecule has 7 heteroatoms. The van der Waals surface area contributed by atoms with Crippen LogP contribution in [0, 0.1) is 0 Å². The highest BCUT2D eigenvalue weighted by molar-refractivity contribution is 5.97. The number of phenols is 1. The molecule has 1 unspecified atom stereocenters. The van der Waals surface area contributed by atoms with Crippen molar-refractivity contribution in [1.29, 1.82) is 0 Å². The minimum Gasteiger partial charge on any atom is -0.507 e. The number of benzene rings is 1. The first-order chi connectivity index (χ1) is 10.0. The predicted octanol–water partition coefficient (Wildman–Crippen LogP) is 0.716. The number of carboxylic acid groups (broad SMARTS) is 1. The van der Waals surface area contributed by atoms with Crippen LogP contribution < -0.4 is 4.74 Å². The Morgan fingerprint density at radius 1 is 1.48 bits per heavy atom. The van der Waals surface area contributed by atoms with Crippen LogP contribution in [0.25, 0.3) is 0 Å². The number of methoxy groups -OCH3 is 1. The van der Waals surface area contributed by atoms with E-state index in [9.17, 15) is 14.7 Å². The quantitative estimate of drug-likeness (QED) is 0.849. The molecular formula is C14H17NO6. The van der Waals surface area contributed by atoms with Crippen molar-refractivity contribution >= 4 is 11.9 Å². The highest BCUT2D eigenvalue weighted by atomic mass is 16.5. The molecule has 0 saturated carbocycles. The van der Waals surface area contributed by atoms with Gasteiger partial charge in [-0.3, -0.25) is 9.59 Å². The molecule has 0 radical (unpaired) electrons. The fraction of sp³-hybridized carbons (Fsp3) is 0.429. The van der Waals surface area contributed by atoms with Gasteiger partial charge in [0.2, 0.25) is 0 Å². The average molecular weight is 295 g/mol. The number of rotatable bonds is 4. The average Bonchev–Trinajstić information content (AvgIpc) is 2.46. The Labute approximate surface area is 121 Å². The number of aliphatic carboxylic acids is 1. The molecule has 0 bridgehead atoms. The first-order valence-corrected chi connectivity index (χ1v) is 6.50. The van der Waals surface area contributed by atoms with Gasteiger partial charge in [0.1, 0.15) is 11.5 Å². The third-order valence-electron chi connectivity index (χ3n) is 3.33. The molecule has 0 spiro atoms. The van der Waals surface area contributed by atoms with Crippen LogP contribution in [0.3, 0.4) is 0 Å². The first kappa shape index (κ1) is 15.1. The molecule has 0 aliphatic carbocycles. The van der Waals surface area contributed by atoms with Gasteiger partial charge in [-0.25, -0.2) is 0 Å². The number of hydrogen-bond acceptors (Lipinski definition) is 5. The second kappa shape index (κ2) is 6.45. The summed E-state index contributed by atoms with van der Waals surface area (Å²) >= 11 is 0. The summed E-state index contributed by atoms with van der Waals surface area (Å²) in [4.78, 5) is 24.8. The van der Waals surface area contributed by atoms with E-state index in [-0.39, 0.29) is 24.3 Å². The van der Waals surface area contributed by atoms with Crippen molar-refractivity contribution < 1.29 is 29.3 Å². The fourth-order valence-electron chi connectivity index (χ4n) is 2.27. The van der Waals surface area contributed by atoms with E-state index in [4.69, 9.17) is 14.6 Å². The molecule has 1 aliphatic rings. The van der Waals surface area contributed by atoms with Gasteiger partial charge in [-0.05, 0) is 12.1 Å². The summed E-state index contributed by atoms with van der Waals surface area (Å²) in [7, 11) is 1.46. The number of amides is 1. The standard InChI is InChI=1S/C14H17NO6/c1-20-10-2-3-11(12(16)7-10)14(19)15-4-5-21-8-9(15)6-13(17)18/h2-3,7,9,16H,4-6,8H2,1H3,(H,17,18). The number of phenolic OH excluding ortho intramolecular Hbond substituents is 1. The summed E-state index contributed by atoms with van der Waals surface area (Å²) in [5.41, 5.74) is 0.119. The van der Waals surface area contributed by atoms with Gasteiger partial charge in [0, 0.05) is 12.6 Å². The number of carbonyl (C=O) groups excluding carboxylic acids is 1. The van der Waals surface area contributed by atoms with Crippen LogP contribution in [0.1, 0.15) is 16.8 Å². The molecule has 114 valence electrons. The van der Waals surface area contributed by atoms with Gasteiger partial charge in [0.15, 0.2) is 0 Å². The second-order valence-corrected chi connectivity index (χ2v) is 4.71. The Hall–Kier alpha value is -2.28. The zero-order valence-corrected chi connectivity index (χ0v) is 11.6. The minimum atomic E-state index is -0.998. The molecule has 1 saturated heterocycles. The minimum absolute atomic E-state index is 0.119.